The van der Waals surface area contributed by atoms with Crippen LogP contribution in [0.5, 0.6) is 11.5 Å². The molecule has 0 bridgehead atoms. The van der Waals surface area contributed by atoms with Gasteiger partial charge < -0.3 is 9.47 Å². The Morgan fingerprint density at radius 1 is 1.13 bits per heavy atom. The number of aromatic nitrogens is 1. The van der Waals surface area contributed by atoms with Crippen LogP contribution in [0.15, 0.2) is 59.8 Å². The first-order chi connectivity index (χ1) is 14.5. The van der Waals surface area contributed by atoms with Crippen LogP contribution in [0.1, 0.15) is 5.56 Å². The van der Waals surface area contributed by atoms with Gasteiger partial charge in [0.05, 0.1) is 37.0 Å². The maximum absolute atomic E-state index is 14.4. The number of carbonyl (C=O) groups excluding carboxylic acids is 1. The lowest BCUT2D eigenvalue weighted by Crippen LogP contribution is -2.43. The molecule has 0 radical (unpaired) electrons. The Kier molecular flexibility index (Phi) is 5.69. The van der Waals surface area contributed by atoms with Gasteiger partial charge in [-0.15, -0.1) is 0 Å². The van der Waals surface area contributed by atoms with Gasteiger partial charge in [-0.25, -0.2) is 13.5 Å². The van der Waals surface area contributed by atoms with Crippen LogP contribution in [-0.4, -0.2) is 25.2 Å². The highest BCUT2D eigenvalue weighted by molar-refractivity contribution is 8.01. The zero-order valence-electron chi connectivity index (χ0n) is 16.1. The molecular formula is C21H17ClFN3O3S. The maximum Gasteiger partial charge on any atom is 0.339 e. The summed E-state index contributed by atoms with van der Waals surface area (Å²) < 4.78 is 26.6. The van der Waals surface area contributed by atoms with Gasteiger partial charge in [0.25, 0.3) is 0 Å². The van der Waals surface area contributed by atoms with E-state index in [-0.39, 0.29) is 23.2 Å². The van der Waals surface area contributed by atoms with E-state index in [1.807, 2.05) is 0 Å². The second kappa shape index (κ2) is 8.41. The molecule has 0 aliphatic carbocycles. The van der Waals surface area contributed by atoms with E-state index in [0.717, 1.165) is 4.90 Å². The summed E-state index contributed by atoms with van der Waals surface area (Å²) in [6.45, 7) is -0.0221. The van der Waals surface area contributed by atoms with Crippen molar-refractivity contribution in [3.05, 3.63) is 71.3 Å². The molecule has 154 valence electrons. The first-order valence-corrected chi connectivity index (χ1v) is 10.1. The van der Waals surface area contributed by atoms with Crippen molar-refractivity contribution in [1.82, 2.24) is 4.98 Å². The van der Waals surface area contributed by atoms with Gasteiger partial charge in [-0.3, -0.25) is 9.88 Å². The summed E-state index contributed by atoms with van der Waals surface area (Å²) in [7, 11) is 3.07. The van der Waals surface area contributed by atoms with E-state index in [2.05, 4.69) is 4.98 Å². The molecule has 2 aromatic carbocycles. The summed E-state index contributed by atoms with van der Waals surface area (Å²) >= 11 is 7.44. The fraction of sp³-hybridized carbons (Fsp3) is 0.143. The molecule has 4 rings (SSSR count). The molecule has 0 spiro atoms. The number of ether oxygens (including phenoxy) is 2. The van der Waals surface area contributed by atoms with E-state index in [9.17, 15) is 9.18 Å². The molecule has 6 nitrogen and oxygen atoms in total. The molecular weight excluding hydrogens is 429 g/mol. The Balaban J connectivity index is 1.77. The minimum absolute atomic E-state index is 0.0221. The van der Waals surface area contributed by atoms with Gasteiger partial charge in [-0.05, 0) is 30.3 Å². The van der Waals surface area contributed by atoms with Crippen LogP contribution in [0, 0.1) is 5.82 Å². The predicted octanol–water partition coefficient (Wildman–Crippen LogP) is 5.55. The molecule has 3 aromatic rings. The number of fused-ring (bicyclic) bond motifs is 1. The molecule has 2 amide bonds. The number of methoxy groups -OCH3 is 2. The number of urea groups is 1. The van der Waals surface area contributed by atoms with E-state index in [1.54, 1.807) is 49.8 Å². The number of benzene rings is 2. The van der Waals surface area contributed by atoms with Crippen molar-refractivity contribution in [3.63, 3.8) is 0 Å². The van der Waals surface area contributed by atoms with Crippen molar-refractivity contribution in [1.29, 1.82) is 0 Å². The number of amides is 2. The van der Waals surface area contributed by atoms with E-state index < -0.39 is 5.82 Å². The van der Waals surface area contributed by atoms with Crippen LogP contribution >= 0.6 is 23.5 Å². The molecule has 30 heavy (non-hydrogen) atoms. The Bertz CT molecular complexity index is 1090. The highest BCUT2D eigenvalue weighted by Gasteiger charge is 2.34. The molecule has 2 heterocycles. The molecule has 1 aliphatic heterocycles. The fourth-order valence-corrected chi connectivity index (χ4v) is 4.32. The Morgan fingerprint density at radius 3 is 2.67 bits per heavy atom. The second-order valence-corrected chi connectivity index (χ2v) is 7.73. The van der Waals surface area contributed by atoms with E-state index >= 15 is 0 Å². The number of pyridine rings is 1. The van der Waals surface area contributed by atoms with Crippen molar-refractivity contribution in [3.8, 4) is 11.5 Å². The molecule has 0 saturated carbocycles. The molecule has 0 N–H and O–H groups in total. The lowest BCUT2D eigenvalue weighted by molar-refractivity contribution is 0.254. The Hall–Kier alpha value is -2.97. The maximum atomic E-state index is 14.4. The van der Waals surface area contributed by atoms with Crippen LogP contribution in [0.3, 0.4) is 0 Å². The number of halogens is 2. The molecule has 1 aromatic heterocycles. The molecule has 0 fully saturated rings. The third-order valence-corrected chi connectivity index (χ3v) is 6.04. The van der Waals surface area contributed by atoms with Crippen LogP contribution in [0.25, 0.3) is 0 Å². The smallest absolute Gasteiger partial charge is 0.339 e. The average Bonchev–Trinajstić information content (AvgIpc) is 2.77. The molecule has 9 heteroatoms. The number of hydrogen-bond donors (Lipinski definition) is 0. The monoisotopic (exact) mass is 445 g/mol. The van der Waals surface area contributed by atoms with Crippen molar-refractivity contribution < 1.29 is 18.7 Å². The number of carbonyl (C=O) groups is 1. The highest BCUT2D eigenvalue weighted by atomic mass is 35.5. The second-order valence-electron chi connectivity index (χ2n) is 6.34. The Morgan fingerprint density at radius 2 is 1.93 bits per heavy atom. The lowest BCUT2D eigenvalue weighted by Gasteiger charge is -2.36. The fourth-order valence-electron chi connectivity index (χ4n) is 3.12. The number of anilines is 2. The topological polar surface area (TPSA) is 54.9 Å². The zero-order valence-corrected chi connectivity index (χ0v) is 17.7. The molecule has 0 saturated heterocycles. The third kappa shape index (κ3) is 3.64. The van der Waals surface area contributed by atoms with Gasteiger partial charge in [-0.1, -0.05) is 17.7 Å². The first kappa shape index (κ1) is 20.3. The normalized spacial score (nSPS) is 13.3. The van der Waals surface area contributed by atoms with Crippen molar-refractivity contribution in [2.75, 3.05) is 23.4 Å². The SMILES string of the molecule is COc1ccc(N2Sc3cnccc3N(Cc3c(F)cccc3Cl)C2=O)cc1OC. The van der Waals surface area contributed by atoms with Crippen LogP contribution in [0.4, 0.5) is 20.6 Å². The van der Waals surface area contributed by atoms with Crippen LogP contribution in [0.2, 0.25) is 5.02 Å². The van der Waals surface area contributed by atoms with Crippen molar-refractivity contribution in [2.24, 2.45) is 0 Å². The summed E-state index contributed by atoms with van der Waals surface area (Å²) in [5, 5.41) is 0.259. The highest BCUT2D eigenvalue weighted by Crippen LogP contribution is 2.43. The lowest BCUT2D eigenvalue weighted by atomic mass is 10.2. The molecule has 1 aliphatic rings. The standard InChI is InChI=1S/C21H17ClFN3O3S/c1-28-18-7-6-13(10-19(18)29-2)26-21(27)25(17-8-9-24-11-20(17)30-26)12-14-15(22)4-3-5-16(14)23/h3-11H,12H2,1-2H3. The Labute approximate surface area is 182 Å². The van der Waals surface area contributed by atoms with Gasteiger partial charge in [0.1, 0.15) is 5.82 Å². The summed E-state index contributed by atoms with van der Waals surface area (Å²) in [5.74, 6) is 0.568. The van der Waals surface area contributed by atoms with E-state index in [0.29, 0.717) is 22.9 Å². The van der Waals surface area contributed by atoms with Crippen LogP contribution < -0.4 is 18.7 Å². The van der Waals surface area contributed by atoms with Crippen molar-refractivity contribution >= 4 is 41.0 Å². The largest absolute Gasteiger partial charge is 0.493 e. The predicted molar refractivity (Wildman–Crippen MR) is 115 cm³/mol. The molecule has 0 unspecified atom stereocenters. The van der Waals surface area contributed by atoms with Gasteiger partial charge in [0.2, 0.25) is 0 Å². The van der Waals surface area contributed by atoms with Gasteiger partial charge in [0.15, 0.2) is 11.5 Å². The average molecular weight is 446 g/mol. The summed E-state index contributed by atoms with van der Waals surface area (Å²) in [4.78, 5) is 19.8. The van der Waals surface area contributed by atoms with Crippen LogP contribution in [-0.2, 0) is 6.54 Å². The molecule has 0 atom stereocenters. The van der Waals surface area contributed by atoms with Gasteiger partial charge in [-0.2, -0.15) is 0 Å². The third-order valence-electron chi connectivity index (χ3n) is 4.63. The quantitative estimate of drug-likeness (QED) is 0.482. The first-order valence-electron chi connectivity index (χ1n) is 8.92. The van der Waals surface area contributed by atoms with Gasteiger partial charge >= 0.3 is 6.03 Å². The minimum atomic E-state index is -0.471. The van der Waals surface area contributed by atoms with Gasteiger partial charge in [0, 0.05) is 41.0 Å². The minimum Gasteiger partial charge on any atom is -0.493 e. The summed E-state index contributed by atoms with van der Waals surface area (Å²) in [6.07, 6.45) is 3.25. The number of rotatable bonds is 5. The number of nitrogens with zero attached hydrogens (tertiary/aromatic N) is 3. The van der Waals surface area contributed by atoms with E-state index in [4.69, 9.17) is 21.1 Å². The van der Waals surface area contributed by atoms with Crippen molar-refractivity contribution in [2.45, 2.75) is 11.4 Å². The zero-order chi connectivity index (χ0) is 21.3. The van der Waals surface area contributed by atoms with E-state index in [1.165, 1.54) is 40.4 Å². The number of hydrogen-bond acceptors (Lipinski definition) is 5. The summed E-state index contributed by atoms with van der Waals surface area (Å²) in [6, 6.07) is 11.0. The summed E-state index contributed by atoms with van der Waals surface area (Å²) in [5.41, 5.74) is 1.47.